The van der Waals surface area contributed by atoms with Crippen LogP contribution in [0.3, 0.4) is 0 Å². The smallest absolute Gasteiger partial charge is 0.323 e. The standard InChI is InChI=1S/C26H27NO5/c1-30-24-11-5-6-12-25(24)32-16-8-2-7-15-31-19-13-14-21-20-9-3-4-10-22(20)27(18-26(28)29)23(21)17-19/h3-6,9-14,17H,2,7-8,15-16,18H2,1H3,(H,28,29). The molecule has 0 atom stereocenters. The quantitative estimate of drug-likeness (QED) is 0.316. The Balaban J connectivity index is 1.32. The third-order valence-corrected chi connectivity index (χ3v) is 5.42. The van der Waals surface area contributed by atoms with Gasteiger partial charge in [-0.1, -0.05) is 30.3 Å². The van der Waals surface area contributed by atoms with Crippen LogP contribution in [0.1, 0.15) is 19.3 Å². The minimum Gasteiger partial charge on any atom is -0.494 e. The Labute approximate surface area is 186 Å². The highest BCUT2D eigenvalue weighted by atomic mass is 16.5. The van der Waals surface area contributed by atoms with Crippen LogP contribution in [0.2, 0.25) is 0 Å². The van der Waals surface area contributed by atoms with E-state index in [1.54, 1.807) is 7.11 Å². The number of rotatable bonds is 11. The highest BCUT2D eigenvalue weighted by Gasteiger charge is 2.13. The van der Waals surface area contributed by atoms with E-state index in [0.29, 0.717) is 13.2 Å². The Morgan fingerprint density at radius 1 is 0.812 bits per heavy atom. The van der Waals surface area contributed by atoms with Gasteiger partial charge in [-0.15, -0.1) is 0 Å². The van der Waals surface area contributed by atoms with Gasteiger partial charge < -0.3 is 23.9 Å². The molecule has 1 aromatic heterocycles. The number of para-hydroxylation sites is 3. The summed E-state index contributed by atoms with van der Waals surface area (Å²) < 4.78 is 18.9. The van der Waals surface area contributed by atoms with Gasteiger partial charge in [0.05, 0.1) is 25.8 Å². The van der Waals surface area contributed by atoms with Crippen molar-refractivity contribution in [1.82, 2.24) is 4.57 Å². The zero-order valence-electron chi connectivity index (χ0n) is 18.1. The highest BCUT2D eigenvalue weighted by Crippen LogP contribution is 2.31. The number of carboxylic acids is 1. The number of unbranched alkanes of at least 4 members (excludes halogenated alkanes) is 2. The maximum atomic E-state index is 11.4. The number of nitrogens with zero attached hydrogens (tertiary/aromatic N) is 1. The molecule has 6 heteroatoms. The molecule has 32 heavy (non-hydrogen) atoms. The molecule has 4 rings (SSSR count). The molecule has 6 nitrogen and oxygen atoms in total. The van der Waals surface area contributed by atoms with E-state index in [1.165, 1.54) is 0 Å². The number of methoxy groups -OCH3 is 1. The van der Waals surface area contributed by atoms with E-state index in [4.69, 9.17) is 14.2 Å². The lowest BCUT2D eigenvalue weighted by Crippen LogP contribution is -2.08. The number of carboxylic acid groups (broad SMARTS) is 1. The first-order valence-corrected chi connectivity index (χ1v) is 10.8. The largest absolute Gasteiger partial charge is 0.494 e. The molecule has 0 fully saturated rings. The Bertz CT molecular complexity index is 1210. The second kappa shape index (κ2) is 10.1. The maximum Gasteiger partial charge on any atom is 0.323 e. The first-order chi connectivity index (χ1) is 15.7. The third-order valence-electron chi connectivity index (χ3n) is 5.42. The van der Waals surface area contributed by atoms with Crippen molar-refractivity contribution in [3.8, 4) is 17.2 Å². The van der Waals surface area contributed by atoms with Crippen LogP contribution >= 0.6 is 0 Å². The number of aromatic nitrogens is 1. The second-order valence-corrected chi connectivity index (χ2v) is 7.58. The summed E-state index contributed by atoms with van der Waals surface area (Å²) in [6.07, 6.45) is 2.81. The summed E-state index contributed by atoms with van der Waals surface area (Å²) in [5.41, 5.74) is 1.79. The predicted octanol–water partition coefficient (Wildman–Crippen LogP) is 5.52. The molecule has 0 saturated heterocycles. The highest BCUT2D eigenvalue weighted by molar-refractivity contribution is 6.08. The van der Waals surface area contributed by atoms with Gasteiger partial charge in [0.15, 0.2) is 11.5 Å². The molecule has 1 heterocycles. The van der Waals surface area contributed by atoms with E-state index in [1.807, 2.05) is 71.3 Å². The summed E-state index contributed by atoms with van der Waals surface area (Å²) in [5.74, 6) is 1.38. The van der Waals surface area contributed by atoms with Crippen LogP contribution < -0.4 is 14.2 Å². The Hall–Kier alpha value is -3.67. The molecule has 0 saturated carbocycles. The van der Waals surface area contributed by atoms with Crippen LogP contribution in [0.15, 0.2) is 66.7 Å². The van der Waals surface area contributed by atoms with Gasteiger partial charge in [0.2, 0.25) is 0 Å². The normalized spacial score (nSPS) is 11.0. The van der Waals surface area contributed by atoms with Gasteiger partial charge in [0.25, 0.3) is 0 Å². The van der Waals surface area contributed by atoms with E-state index in [-0.39, 0.29) is 6.54 Å². The van der Waals surface area contributed by atoms with Crippen LogP contribution in [0, 0.1) is 0 Å². The molecule has 0 aliphatic carbocycles. The van der Waals surface area contributed by atoms with Gasteiger partial charge in [-0.05, 0) is 49.6 Å². The Morgan fingerprint density at radius 3 is 2.28 bits per heavy atom. The van der Waals surface area contributed by atoms with E-state index in [2.05, 4.69) is 0 Å². The minimum absolute atomic E-state index is 0.0837. The molecule has 4 aromatic rings. The number of hydrogen-bond donors (Lipinski definition) is 1. The van der Waals surface area contributed by atoms with Crippen molar-refractivity contribution in [2.75, 3.05) is 20.3 Å². The maximum absolute atomic E-state index is 11.4. The van der Waals surface area contributed by atoms with Gasteiger partial charge in [-0.25, -0.2) is 0 Å². The first kappa shape index (κ1) is 21.6. The molecule has 3 aromatic carbocycles. The summed E-state index contributed by atoms with van der Waals surface area (Å²) in [4.78, 5) is 11.4. The summed E-state index contributed by atoms with van der Waals surface area (Å²) in [6, 6.07) is 21.4. The second-order valence-electron chi connectivity index (χ2n) is 7.58. The van der Waals surface area contributed by atoms with Crippen LogP contribution in [-0.2, 0) is 11.3 Å². The van der Waals surface area contributed by atoms with Crippen LogP contribution in [0.25, 0.3) is 21.8 Å². The molecule has 166 valence electrons. The van der Waals surface area contributed by atoms with E-state index in [0.717, 1.165) is 58.3 Å². The monoisotopic (exact) mass is 433 g/mol. The number of benzene rings is 3. The summed E-state index contributed by atoms with van der Waals surface area (Å²) in [5, 5.41) is 11.4. The lowest BCUT2D eigenvalue weighted by atomic mass is 10.1. The minimum atomic E-state index is -0.866. The lowest BCUT2D eigenvalue weighted by molar-refractivity contribution is -0.137. The zero-order chi connectivity index (χ0) is 22.3. The number of aliphatic carboxylic acids is 1. The fraction of sp³-hybridized carbons (Fsp3) is 0.269. The summed E-state index contributed by atoms with van der Waals surface area (Å²) in [7, 11) is 1.64. The molecule has 0 unspecified atom stereocenters. The molecule has 0 amide bonds. The van der Waals surface area contributed by atoms with Gasteiger partial charge >= 0.3 is 5.97 Å². The van der Waals surface area contributed by atoms with E-state index < -0.39 is 5.97 Å². The Morgan fingerprint density at radius 2 is 1.50 bits per heavy atom. The Kier molecular flexibility index (Phi) is 6.80. The molecule has 0 aliphatic heterocycles. The molecular formula is C26H27NO5. The van der Waals surface area contributed by atoms with Crippen molar-refractivity contribution < 1.29 is 24.1 Å². The van der Waals surface area contributed by atoms with Crippen molar-refractivity contribution in [3.05, 3.63) is 66.7 Å². The number of hydrogen-bond acceptors (Lipinski definition) is 4. The topological polar surface area (TPSA) is 69.9 Å². The molecule has 0 aliphatic rings. The SMILES string of the molecule is COc1ccccc1OCCCCCOc1ccc2c3ccccc3n(CC(=O)O)c2c1. The molecular weight excluding hydrogens is 406 g/mol. The third kappa shape index (κ3) is 4.80. The zero-order valence-corrected chi connectivity index (χ0v) is 18.1. The molecule has 1 N–H and O–H groups in total. The van der Waals surface area contributed by atoms with Crippen LogP contribution in [-0.4, -0.2) is 36.0 Å². The van der Waals surface area contributed by atoms with Crippen molar-refractivity contribution in [2.45, 2.75) is 25.8 Å². The average molecular weight is 434 g/mol. The lowest BCUT2D eigenvalue weighted by Gasteiger charge is -2.10. The fourth-order valence-electron chi connectivity index (χ4n) is 3.92. The van der Waals surface area contributed by atoms with Crippen molar-refractivity contribution in [2.24, 2.45) is 0 Å². The molecule has 0 bridgehead atoms. The molecule has 0 spiro atoms. The summed E-state index contributed by atoms with van der Waals surface area (Å²) >= 11 is 0. The van der Waals surface area contributed by atoms with Gasteiger partial charge in [0.1, 0.15) is 12.3 Å². The molecule has 0 radical (unpaired) electrons. The predicted molar refractivity (Wildman–Crippen MR) is 125 cm³/mol. The van der Waals surface area contributed by atoms with Crippen molar-refractivity contribution in [1.29, 1.82) is 0 Å². The number of carbonyl (C=O) groups is 1. The van der Waals surface area contributed by atoms with E-state index in [9.17, 15) is 9.90 Å². The van der Waals surface area contributed by atoms with Crippen molar-refractivity contribution in [3.63, 3.8) is 0 Å². The summed E-state index contributed by atoms with van der Waals surface area (Å²) in [6.45, 7) is 1.14. The van der Waals surface area contributed by atoms with E-state index >= 15 is 0 Å². The van der Waals surface area contributed by atoms with Crippen LogP contribution in [0.5, 0.6) is 17.2 Å². The average Bonchev–Trinajstić information content (AvgIpc) is 3.11. The van der Waals surface area contributed by atoms with Crippen LogP contribution in [0.4, 0.5) is 0 Å². The van der Waals surface area contributed by atoms with Gasteiger partial charge in [0, 0.05) is 22.4 Å². The number of ether oxygens (including phenoxy) is 3. The number of fused-ring (bicyclic) bond motifs is 3. The first-order valence-electron chi connectivity index (χ1n) is 10.8. The van der Waals surface area contributed by atoms with Crippen molar-refractivity contribution >= 4 is 27.8 Å². The van der Waals surface area contributed by atoms with Gasteiger partial charge in [-0.2, -0.15) is 0 Å². The van der Waals surface area contributed by atoms with Gasteiger partial charge in [-0.3, -0.25) is 4.79 Å². The fourth-order valence-corrected chi connectivity index (χ4v) is 3.92.